The molecular weight excluding hydrogens is 405 g/mol. The maximum Gasteiger partial charge on any atom is 0.300 e. The van der Waals surface area contributed by atoms with E-state index in [-0.39, 0.29) is 32.4 Å². The smallest absolute Gasteiger partial charge is 0.300 e. The number of nitro groups is 2. The van der Waals surface area contributed by atoms with E-state index in [1.54, 1.807) is 0 Å². The average molecular weight is 419 g/mol. The van der Waals surface area contributed by atoms with Gasteiger partial charge in [-0.25, -0.2) is 0 Å². The van der Waals surface area contributed by atoms with Crippen molar-refractivity contribution in [3.8, 4) is 0 Å². The Balaban J connectivity index is 2.71. The maximum absolute atomic E-state index is 11.5. The molecule has 1 N–H and O–H groups in total. The molecule has 2 rings (SSSR count). The minimum absolute atomic E-state index is 0.0795. The van der Waals surface area contributed by atoms with Gasteiger partial charge >= 0.3 is 0 Å². The van der Waals surface area contributed by atoms with E-state index in [0.29, 0.717) is 12.0 Å². The fraction of sp³-hybridized carbons (Fsp3) is 0.250. The predicted molar refractivity (Wildman–Crippen MR) is 103 cm³/mol. The molecule has 0 fully saturated rings. The molecule has 0 bridgehead atoms. The van der Waals surface area contributed by atoms with Gasteiger partial charge in [-0.15, -0.1) is 0 Å². The average Bonchev–Trinajstić information content (AvgIpc) is 2.56. The van der Waals surface area contributed by atoms with Gasteiger partial charge < -0.3 is 5.32 Å². The molecule has 2 aromatic carbocycles. The summed E-state index contributed by atoms with van der Waals surface area (Å²) in [5, 5.41) is 26.1. The van der Waals surface area contributed by atoms with E-state index in [2.05, 4.69) is 5.32 Å². The van der Waals surface area contributed by atoms with Crippen LogP contribution in [0.15, 0.2) is 24.3 Å². The summed E-state index contributed by atoms with van der Waals surface area (Å²) >= 11 is 18.0. The highest BCUT2D eigenvalue weighted by Gasteiger charge is 2.29. The van der Waals surface area contributed by atoms with Crippen LogP contribution in [0.2, 0.25) is 15.1 Å². The predicted octanol–water partition coefficient (Wildman–Crippen LogP) is 6.72. The van der Waals surface area contributed by atoms with Crippen molar-refractivity contribution >= 4 is 57.6 Å². The molecule has 26 heavy (non-hydrogen) atoms. The second kappa shape index (κ2) is 8.07. The Morgan fingerprint density at radius 2 is 1.42 bits per heavy atom. The highest BCUT2D eigenvalue weighted by Crippen LogP contribution is 2.43. The molecule has 7 nitrogen and oxygen atoms in total. The normalized spacial score (nSPS) is 11.9. The summed E-state index contributed by atoms with van der Waals surface area (Å²) in [6.07, 6.45) is 0.677. The first-order valence-electron chi connectivity index (χ1n) is 7.54. The summed E-state index contributed by atoms with van der Waals surface area (Å²) in [7, 11) is 0. The molecular formula is C16H14Cl3N3O4. The van der Waals surface area contributed by atoms with Crippen molar-refractivity contribution < 1.29 is 9.85 Å². The van der Waals surface area contributed by atoms with E-state index in [1.165, 1.54) is 24.3 Å². The Morgan fingerprint density at radius 1 is 0.962 bits per heavy atom. The van der Waals surface area contributed by atoms with Gasteiger partial charge in [-0.1, -0.05) is 48.7 Å². The number of anilines is 2. The zero-order chi connectivity index (χ0) is 19.6. The van der Waals surface area contributed by atoms with Crippen molar-refractivity contribution in [3.05, 3.63) is 65.1 Å². The lowest BCUT2D eigenvalue weighted by Gasteiger charge is -2.14. The number of hydrogen-bond acceptors (Lipinski definition) is 5. The summed E-state index contributed by atoms with van der Waals surface area (Å²) in [4.78, 5) is 21.7. The van der Waals surface area contributed by atoms with E-state index >= 15 is 0 Å². The maximum atomic E-state index is 11.5. The van der Waals surface area contributed by atoms with Gasteiger partial charge in [0.25, 0.3) is 11.4 Å². The number of nitrogens with one attached hydrogen (secondary N) is 1. The van der Waals surface area contributed by atoms with Gasteiger partial charge in [0.2, 0.25) is 0 Å². The summed E-state index contributed by atoms with van der Waals surface area (Å²) in [5.41, 5.74) is -0.559. The van der Waals surface area contributed by atoms with Crippen LogP contribution in [-0.2, 0) is 0 Å². The molecule has 1 atom stereocenters. The molecule has 0 radical (unpaired) electrons. The first-order chi connectivity index (χ1) is 12.1. The van der Waals surface area contributed by atoms with Crippen molar-refractivity contribution in [3.63, 3.8) is 0 Å². The lowest BCUT2D eigenvalue weighted by atomic mass is 9.96. The van der Waals surface area contributed by atoms with Gasteiger partial charge in [0, 0.05) is 17.2 Å². The molecule has 0 aliphatic heterocycles. The van der Waals surface area contributed by atoms with Gasteiger partial charge in [0.05, 0.1) is 25.6 Å². The topological polar surface area (TPSA) is 98.3 Å². The number of nitrogens with zero attached hydrogens (tertiary/aromatic N) is 2. The van der Waals surface area contributed by atoms with Gasteiger partial charge in [0.1, 0.15) is 0 Å². The van der Waals surface area contributed by atoms with Crippen molar-refractivity contribution in [2.45, 2.75) is 26.2 Å². The zero-order valence-corrected chi connectivity index (χ0v) is 16.0. The highest BCUT2D eigenvalue weighted by molar-refractivity contribution is 6.42. The number of nitro benzene ring substituents is 2. The standard InChI is InChI=1S/C16H14Cl3N3O4/c1-3-8(2)9-4-13(21(23)24)16(14(5-9)22(25)26)20-15-11(18)6-10(17)7-12(15)19/h4-8,20H,3H2,1-2H3. The molecule has 138 valence electrons. The summed E-state index contributed by atoms with van der Waals surface area (Å²) in [6.45, 7) is 3.73. The van der Waals surface area contributed by atoms with Crippen LogP contribution in [0.4, 0.5) is 22.7 Å². The molecule has 1 unspecified atom stereocenters. The summed E-state index contributed by atoms with van der Waals surface area (Å²) < 4.78 is 0. The summed E-state index contributed by atoms with van der Waals surface area (Å²) in [5.74, 6) is -0.0795. The Labute approximate surface area is 164 Å². The van der Waals surface area contributed by atoms with Gasteiger partial charge in [-0.2, -0.15) is 0 Å². The van der Waals surface area contributed by atoms with E-state index in [0.717, 1.165) is 0 Å². The quantitative estimate of drug-likeness (QED) is 0.414. The Kier molecular flexibility index (Phi) is 6.28. The molecule has 0 aromatic heterocycles. The van der Waals surface area contributed by atoms with Crippen LogP contribution in [-0.4, -0.2) is 9.85 Å². The van der Waals surface area contributed by atoms with E-state index < -0.39 is 21.2 Å². The number of rotatable bonds is 6. The van der Waals surface area contributed by atoms with Gasteiger partial charge in [-0.05, 0) is 30.0 Å². The van der Waals surface area contributed by atoms with Crippen molar-refractivity contribution in [1.29, 1.82) is 0 Å². The SMILES string of the molecule is CCC(C)c1cc([N+](=O)[O-])c(Nc2c(Cl)cc(Cl)cc2Cl)c([N+](=O)[O-])c1. The van der Waals surface area contributed by atoms with Crippen molar-refractivity contribution in [2.75, 3.05) is 5.32 Å². The third-order valence-electron chi connectivity index (χ3n) is 3.95. The Hall–Kier alpha value is -2.09. The van der Waals surface area contributed by atoms with Crippen LogP contribution in [0.25, 0.3) is 0 Å². The summed E-state index contributed by atoms with van der Waals surface area (Å²) in [6, 6.07) is 5.40. The molecule has 2 aromatic rings. The van der Waals surface area contributed by atoms with Crippen LogP contribution in [0.3, 0.4) is 0 Å². The van der Waals surface area contributed by atoms with E-state index in [9.17, 15) is 20.2 Å². The number of benzene rings is 2. The Bertz CT molecular complexity index is 831. The largest absolute Gasteiger partial charge is 0.342 e. The molecule has 0 heterocycles. The Morgan fingerprint density at radius 3 is 1.81 bits per heavy atom. The van der Waals surface area contributed by atoms with Crippen molar-refractivity contribution in [2.24, 2.45) is 0 Å². The molecule has 0 amide bonds. The van der Waals surface area contributed by atoms with Crippen LogP contribution >= 0.6 is 34.8 Å². The van der Waals surface area contributed by atoms with Crippen LogP contribution < -0.4 is 5.32 Å². The number of hydrogen-bond donors (Lipinski definition) is 1. The molecule has 0 saturated carbocycles. The second-order valence-electron chi connectivity index (χ2n) is 5.63. The fourth-order valence-electron chi connectivity index (χ4n) is 2.36. The molecule has 10 heteroatoms. The molecule has 0 spiro atoms. The molecule has 0 aliphatic rings. The lowest BCUT2D eigenvalue weighted by Crippen LogP contribution is -2.05. The number of halogens is 3. The first-order valence-corrected chi connectivity index (χ1v) is 8.67. The molecule has 0 aliphatic carbocycles. The van der Waals surface area contributed by atoms with Gasteiger partial charge in [-0.3, -0.25) is 20.2 Å². The minimum Gasteiger partial charge on any atom is -0.342 e. The van der Waals surface area contributed by atoms with Crippen LogP contribution in [0.5, 0.6) is 0 Å². The lowest BCUT2D eigenvalue weighted by molar-refractivity contribution is -0.392. The van der Waals surface area contributed by atoms with E-state index in [4.69, 9.17) is 34.8 Å². The minimum atomic E-state index is -0.682. The van der Waals surface area contributed by atoms with Crippen LogP contribution in [0.1, 0.15) is 31.7 Å². The third kappa shape index (κ3) is 4.17. The zero-order valence-electron chi connectivity index (χ0n) is 13.8. The third-order valence-corrected chi connectivity index (χ3v) is 4.77. The first kappa shape index (κ1) is 20.2. The monoisotopic (exact) mass is 417 g/mol. The van der Waals surface area contributed by atoms with Gasteiger partial charge in [0.15, 0.2) is 5.69 Å². The second-order valence-corrected chi connectivity index (χ2v) is 6.88. The fourth-order valence-corrected chi connectivity index (χ4v) is 3.27. The molecule has 0 saturated heterocycles. The van der Waals surface area contributed by atoms with E-state index in [1.807, 2.05) is 13.8 Å². The van der Waals surface area contributed by atoms with Crippen molar-refractivity contribution in [1.82, 2.24) is 0 Å². The van der Waals surface area contributed by atoms with Crippen LogP contribution in [0, 0.1) is 20.2 Å². The highest BCUT2D eigenvalue weighted by atomic mass is 35.5.